The number of sulfonamides is 1. The molecule has 2 aromatic carbocycles. The molecule has 0 atom stereocenters. The van der Waals surface area contributed by atoms with Crippen molar-refractivity contribution in [3.05, 3.63) is 83.8 Å². The third-order valence-corrected chi connectivity index (χ3v) is 6.98. The summed E-state index contributed by atoms with van der Waals surface area (Å²) in [5.41, 5.74) is 0.701. The molecule has 0 saturated carbocycles. The molecule has 1 fully saturated rings. The lowest BCUT2D eigenvalue weighted by Crippen LogP contribution is -2.46. The smallest absolute Gasteiger partial charge is 0.368 e. The van der Waals surface area contributed by atoms with Gasteiger partial charge in [0.2, 0.25) is 10.0 Å². The second kappa shape index (κ2) is 9.59. The second-order valence-electron chi connectivity index (χ2n) is 7.82. The molecular formula is C23H22F4N4O2S. The lowest BCUT2D eigenvalue weighted by molar-refractivity contribution is -0.137. The van der Waals surface area contributed by atoms with Gasteiger partial charge in [-0.05, 0) is 66.2 Å². The van der Waals surface area contributed by atoms with Gasteiger partial charge in [-0.15, -0.1) is 0 Å². The summed E-state index contributed by atoms with van der Waals surface area (Å²) in [5.74, 6) is 0.419. The molecule has 1 aliphatic heterocycles. The molecule has 0 spiro atoms. The molecule has 0 unspecified atom stereocenters. The number of hydrogen-bond acceptors (Lipinski definition) is 5. The van der Waals surface area contributed by atoms with E-state index in [1.165, 1.54) is 12.1 Å². The third-order valence-electron chi connectivity index (χ3n) is 5.56. The van der Waals surface area contributed by atoms with Gasteiger partial charge in [-0.2, -0.15) is 13.2 Å². The van der Waals surface area contributed by atoms with Gasteiger partial charge in [0.25, 0.3) is 0 Å². The number of aromatic nitrogens is 1. The molecule has 3 aromatic rings. The molecule has 0 bridgehead atoms. The summed E-state index contributed by atoms with van der Waals surface area (Å²) in [6.45, 7) is 2.78. The molecule has 0 amide bonds. The minimum absolute atomic E-state index is 0.0333. The molecule has 180 valence electrons. The van der Waals surface area contributed by atoms with Gasteiger partial charge in [0.05, 0.1) is 10.5 Å². The number of rotatable bonds is 6. The van der Waals surface area contributed by atoms with Crippen LogP contribution in [0.1, 0.15) is 11.1 Å². The number of alkyl halides is 3. The van der Waals surface area contributed by atoms with Gasteiger partial charge >= 0.3 is 6.18 Å². The van der Waals surface area contributed by atoms with Gasteiger partial charge in [-0.25, -0.2) is 22.5 Å². The first-order chi connectivity index (χ1) is 16.1. The Hall–Kier alpha value is -3.18. The largest absolute Gasteiger partial charge is 0.416 e. The lowest BCUT2D eigenvalue weighted by atomic mass is 10.2. The topological polar surface area (TPSA) is 65.5 Å². The Kier molecular flexibility index (Phi) is 6.76. The fourth-order valence-electron chi connectivity index (χ4n) is 3.67. The number of halogens is 4. The molecule has 2 heterocycles. The number of nitrogens with zero attached hydrogens (tertiary/aromatic N) is 3. The van der Waals surface area contributed by atoms with E-state index >= 15 is 0 Å². The van der Waals surface area contributed by atoms with Gasteiger partial charge < -0.3 is 9.80 Å². The van der Waals surface area contributed by atoms with Crippen molar-refractivity contribution in [3.63, 3.8) is 0 Å². The zero-order valence-electron chi connectivity index (χ0n) is 18.0. The zero-order chi connectivity index (χ0) is 24.3. The van der Waals surface area contributed by atoms with E-state index in [1.54, 1.807) is 30.5 Å². The summed E-state index contributed by atoms with van der Waals surface area (Å²) in [7, 11) is -3.98. The van der Waals surface area contributed by atoms with Crippen LogP contribution in [0.15, 0.2) is 71.8 Å². The normalized spacial score (nSPS) is 14.9. The summed E-state index contributed by atoms with van der Waals surface area (Å²) in [6, 6.07) is 13.1. The van der Waals surface area contributed by atoms with Crippen LogP contribution in [-0.2, 0) is 22.7 Å². The Morgan fingerprint density at radius 2 is 1.50 bits per heavy atom. The van der Waals surface area contributed by atoms with Crippen LogP contribution in [0, 0.1) is 5.82 Å². The first kappa shape index (κ1) is 24.0. The minimum atomic E-state index is -4.53. The Balaban J connectivity index is 1.37. The van der Waals surface area contributed by atoms with Crippen molar-refractivity contribution in [2.45, 2.75) is 17.6 Å². The summed E-state index contributed by atoms with van der Waals surface area (Å²) < 4.78 is 78.7. The lowest BCUT2D eigenvalue weighted by Gasteiger charge is -2.36. The van der Waals surface area contributed by atoms with Gasteiger partial charge in [0.15, 0.2) is 0 Å². The molecule has 1 aromatic heterocycles. The fraction of sp³-hybridized carbons (Fsp3) is 0.261. The van der Waals surface area contributed by atoms with Gasteiger partial charge in [-0.1, -0.05) is 0 Å². The Bertz CT molecular complexity index is 1230. The molecular weight excluding hydrogens is 472 g/mol. The van der Waals surface area contributed by atoms with Crippen molar-refractivity contribution in [2.75, 3.05) is 36.0 Å². The molecule has 0 aliphatic carbocycles. The number of benzene rings is 2. The van der Waals surface area contributed by atoms with Crippen LogP contribution in [0.3, 0.4) is 0 Å². The maximum Gasteiger partial charge on any atom is 0.416 e. The van der Waals surface area contributed by atoms with Crippen molar-refractivity contribution >= 4 is 21.5 Å². The summed E-state index contributed by atoms with van der Waals surface area (Å²) in [6.07, 6.45) is -2.95. The van der Waals surface area contributed by atoms with E-state index in [0.29, 0.717) is 24.5 Å². The predicted molar refractivity (Wildman–Crippen MR) is 121 cm³/mol. The Morgan fingerprint density at radius 1 is 0.882 bits per heavy atom. The number of anilines is 2. The van der Waals surface area contributed by atoms with Crippen LogP contribution < -0.4 is 14.5 Å². The van der Waals surface area contributed by atoms with E-state index in [0.717, 1.165) is 43.0 Å². The molecule has 1 aliphatic rings. The van der Waals surface area contributed by atoms with Crippen molar-refractivity contribution in [1.82, 2.24) is 9.71 Å². The summed E-state index contributed by atoms with van der Waals surface area (Å²) in [5, 5.41) is 0. The molecule has 1 saturated heterocycles. The fourth-order valence-corrected chi connectivity index (χ4v) is 4.69. The maximum absolute atomic E-state index is 13.1. The van der Waals surface area contributed by atoms with Crippen LogP contribution >= 0.6 is 0 Å². The van der Waals surface area contributed by atoms with E-state index in [1.807, 2.05) is 0 Å². The molecule has 4 rings (SSSR count). The molecule has 11 heteroatoms. The average Bonchev–Trinajstić information content (AvgIpc) is 2.83. The standard InChI is InChI=1S/C23H22F4N4O2S/c24-19-3-5-20(6-4-19)30-11-13-31(14-12-30)22-15-17(9-10-28-22)16-29-34(32,33)21-7-1-18(2-8-21)23(25,26)27/h1-10,15,29H,11-14,16H2. The van der Waals surface area contributed by atoms with Gasteiger partial charge in [0, 0.05) is 44.6 Å². The molecule has 1 N–H and O–H groups in total. The zero-order valence-corrected chi connectivity index (χ0v) is 18.8. The van der Waals surface area contributed by atoms with Crippen molar-refractivity contribution in [2.24, 2.45) is 0 Å². The SMILES string of the molecule is O=S(=O)(NCc1ccnc(N2CCN(c3ccc(F)cc3)CC2)c1)c1ccc(C(F)(F)F)cc1. The number of pyridine rings is 1. The van der Waals surface area contributed by atoms with Gasteiger partial charge in [-0.3, -0.25) is 0 Å². The molecule has 0 radical (unpaired) electrons. The van der Waals surface area contributed by atoms with Gasteiger partial charge in [0.1, 0.15) is 11.6 Å². The highest BCUT2D eigenvalue weighted by atomic mass is 32.2. The number of piperazine rings is 1. The highest BCUT2D eigenvalue weighted by molar-refractivity contribution is 7.89. The Morgan fingerprint density at radius 3 is 2.12 bits per heavy atom. The van der Waals surface area contributed by atoms with Crippen LogP contribution in [0.4, 0.5) is 29.1 Å². The molecule has 34 heavy (non-hydrogen) atoms. The van der Waals surface area contributed by atoms with Crippen LogP contribution in [0.25, 0.3) is 0 Å². The van der Waals surface area contributed by atoms with Crippen molar-refractivity contribution in [1.29, 1.82) is 0 Å². The van der Waals surface area contributed by atoms with Crippen LogP contribution in [-0.4, -0.2) is 39.6 Å². The quantitative estimate of drug-likeness (QED) is 0.524. The maximum atomic E-state index is 13.1. The van der Waals surface area contributed by atoms with Crippen LogP contribution in [0.5, 0.6) is 0 Å². The van der Waals surface area contributed by atoms with Crippen molar-refractivity contribution in [3.8, 4) is 0 Å². The van der Waals surface area contributed by atoms with E-state index in [2.05, 4.69) is 19.5 Å². The van der Waals surface area contributed by atoms with E-state index in [-0.39, 0.29) is 17.3 Å². The Labute approximate surface area is 194 Å². The average molecular weight is 495 g/mol. The monoisotopic (exact) mass is 494 g/mol. The second-order valence-corrected chi connectivity index (χ2v) is 9.59. The highest BCUT2D eigenvalue weighted by Gasteiger charge is 2.30. The predicted octanol–water partition coefficient (Wildman–Crippen LogP) is 4.04. The van der Waals surface area contributed by atoms with E-state index < -0.39 is 21.8 Å². The van der Waals surface area contributed by atoms with Crippen molar-refractivity contribution < 1.29 is 26.0 Å². The van der Waals surface area contributed by atoms with Crippen LogP contribution in [0.2, 0.25) is 0 Å². The van der Waals surface area contributed by atoms with E-state index in [9.17, 15) is 26.0 Å². The third kappa shape index (κ3) is 5.65. The van der Waals surface area contributed by atoms with E-state index in [4.69, 9.17) is 0 Å². The number of hydrogen-bond donors (Lipinski definition) is 1. The first-order valence-electron chi connectivity index (χ1n) is 10.5. The minimum Gasteiger partial charge on any atom is -0.368 e. The summed E-state index contributed by atoms with van der Waals surface area (Å²) in [4.78, 5) is 8.37. The summed E-state index contributed by atoms with van der Waals surface area (Å²) >= 11 is 0. The molecule has 6 nitrogen and oxygen atoms in total. The highest BCUT2D eigenvalue weighted by Crippen LogP contribution is 2.29. The number of nitrogens with one attached hydrogen (secondary N) is 1. The first-order valence-corrected chi connectivity index (χ1v) is 12.0.